The van der Waals surface area contributed by atoms with Gasteiger partial charge in [-0.1, -0.05) is 41.8 Å². The summed E-state index contributed by atoms with van der Waals surface area (Å²) < 4.78 is 1.70. The van der Waals surface area contributed by atoms with Gasteiger partial charge in [0.2, 0.25) is 0 Å². The number of aromatic nitrogens is 5. The Kier molecular flexibility index (Phi) is 5.50. The number of hydrogen-bond donors (Lipinski definition) is 2. The molecule has 1 fully saturated rings. The van der Waals surface area contributed by atoms with Gasteiger partial charge in [-0.05, 0) is 36.5 Å². The summed E-state index contributed by atoms with van der Waals surface area (Å²) in [5, 5.41) is 16.3. The average molecular weight is 416 g/mol. The molecule has 9 heteroatoms. The smallest absolute Gasteiger partial charge is 0.298 e. The highest BCUT2D eigenvalue weighted by Crippen LogP contribution is 2.31. The number of nitrogens with zero attached hydrogens (tertiary/aromatic N) is 4. The van der Waals surface area contributed by atoms with E-state index in [1.165, 1.54) is 24.2 Å². The van der Waals surface area contributed by atoms with E-state index in [2.05, 4.69) is 31.9 Å². The van der Waals surface area contributed by atoms with E-state index in [0.29, 0.717) is 27.5 Å². The minimum atomic E-state index is -0.169. The first-order chi connectivity index (χ1) is 13.6. The number of tetrazole rings is 1. The molecule has 28 heavy (non-hydrogen) atoms. The number of rotatable bonds is 5. The molecule has 1 aromatic carbocycles. The van der Waals surface area contributed by atoms with Crippen LogP contribution in [0, 0.1) is 12.8 Å². The van der Waals surface area contributed by atoms with Crippen molar-refractivity contribution in [2.75, 3.05) is 5.32 Å². The normalized spacial score (nSPS) is 15.1. The van der Waals surface area contributed by atoms with Crippen LogP contribution in [-0.2, 0) is 4.79 Å². The Morgan fingerprint density at radius 2 is 2.21 bits per heavy atom. The number of aromatic amines is 1. The number of carbonyl (C=O) groups is 1. The zero-order valence-electron chi connectivity index (χ0n) is 15.4. The first-order valence-corrected chi connectivity index (χ1v) is 10.4. The molecule has 0 aliphatic heterocycles. The number of hydrogen-bond acceptors (Lipinski definition) is 5. The number of halogens is 1. The van der Waals surface area contributed by atoms with Gasteiger partial charge in [0, 0.05) is 24.1 Å². The molecule has 3 aromatic rings. The van der Waals surface area contributed by atoms with Gasteiger partial charge < -0.3 is 0 Å². The number of benzene rings is 1. The highest BCUT2D eigenvalue weighted by atomic mass is 35.5. The molecule has 1 saturated carbocycles. The SMILES string of the molecule is Cc1nn[nH][n+]1-c1ccc(/C(=C\C2CCCC2)C(=O)Nc2nccs2)cc1Cl. The molecule has 0 spiro atoms. The van der Waals surface area contributed by atoms with Crippen LogP contribution >= 0.6 is 22.9 Å². The first-order valence-electron chi connectivity index (χ1n) is 9.14. The number of aryl methyl sites for hydroxylation is 1. The van der Waals surface area contributed by atoms with E-state index in [-0.39, 0.29) is 5.91 Å². The lowest BCUT2D eigenvalue weighted by Gasteiger charge is -2.12. The van der Waals surface area contributed by atoms with Crippen molar-refractivity contribution in [1.82, 2.24) is 20.5 Å². The maximum absolute atomic E-state index is 13.0. The van der Waals surface area contributed by atoms with E-state index in [4.69, 9.17) is 11.6 Å². The number of thiazole rings is 1. The molecule has 1 aliphatic carbocycles. The Morgan fingerprint density at radius 1 is 1.39 bits per heavy atom. The number of nitrogens with one attached hydrogen (secondary N) is 2. The third-order valence-corrected chi connectivity index (χ3v) is 5.85. The third-order valence-electron chi connectivity index (χ3n) is 4.86. The fourth-order valence-corrected chi connectivity index (χ4v) is 4.24. The molecular formula is C19H20ClN6OS+. The second-order valence-corrected chi connectivity index (χ2v) is 8.07. The molecule has 1 aliphatic rings. The van der Waals surface area contributed by atoms with Crippen molar-refractivity contribution in [1.29, 1.82) is 0 Å². The van der Waals surface area contributed by atoms with Gasteiger partial charge in [0.25, 0.3) is 5.91 Å². The summed E-state index contributed by atoms with van der Waals surface area (Å²) in [5.74, 6) is 0.930. The molecule has 4 rings (SSSR count). The predicted molar refractivity (Wildman–Crippen MR) is 108 cm³/mol. The third kappa shape index (κ3) is 3.98. The number of amides is 1. The summed E-state index contributed by atoms with van der Waals surface area (Å²) in [5.41, 5.74) is 2.13. The maximum Gasteiger partial charge on any atom is 0.302 e. The number of carbonyl (C=O) groups excluding carboxylic acids is 1. The molecule has 0 radical (unpaired) electrons. The topological polar surface area (TPSA) is 87.4 Å². The molecule has 0 unspecified atom stereocenters. The Balaban J connectivity index is 1.68. The van der Waals surface area contributed by atoms with Crippen LogP contribution in [0.1, 0.15) is 37.1 Å². The minimum absolute atomic E-state index is 0.169. The Bertz CT molecular complexity index is 1010. The van der Waals surface area contributed by atoms with Crippen LogP contribution in [0.25, 0.3) is 11.3 Å². The summed E-state index contributed by atoms with van der Waals surface area (Å²) in [6.07, 6.45) is 8.36. The highest BCUT2D eigenvalue weighted by molar-refractivity contribution is 7.13. The van der Waals surface area contributed by atoms with Crippen molar-refractivity contribution in [2.45, 2.75) is 32.6 Å². The van der Waals surface area contributed by atoms with Gasteiger partial charge in [-0.2, -0.15) is 0 Å². The number of H-pyrrole nitrogens is 1. The van der Waals surface area contributed by atoms with E-state index in [0.717, 1.165) is 24.1 Å². The van der Waals surface area contributed by atoms with Crippen molar-refractivity contribution in [3.8, 4) is 5.69 Å². The van der Waals surface area contributed by atoms with Crippen LogP contribution in [-0.4, -0.2) is 26.4 Å². The maximum atomic E-state index is 13.0. The molecule has 0 atom stereocenters. The zero-order valence-corrected chi connectivity index (χ0v) is 16.9. The Morgan fingerprint density at radius 3 is 2.86 bits per heavy atom. The van der Waals surface area contributed by atoms with E-state index in [1.807, 2.05) is 30.5 Å². The number of allylic oxidation sites excluding steroid dienone is 1. The van der Waals surface area contributed by atoms with Gasteiger partial charge in [-0.15, -0.1) is 16.0 Å². The molecule has 2 heterocycles. The lowest BCUT2D eigenvalue weighted by molar-refractivity contribution is -0.666. The summed E-state index contributed by atoms with van der Waals surface area (Å²) in [7, 11) is 0. The van der Waals surface area contributed by atoms with Gasteiger partial charge in [-0.3, -0.25) is 10.1 Å². The molecule has 2 aromatic heterocycles. The minimum Gasteiger partial charge on any atom is -0.298 e. The van der Waals surface area contributed by atoms with Crippen LogP contribution in [0.15, 0.2) is 35.9 Å². The van der Waals surface area contributed by atoms with Crippen LogP contribution < -0.4 is 10.00 Å². The van der Waals surface area contributed by atoms with Gasteiger partial charge in [0.1, 0.15) is 10.8 Å². The number of anilines is 1. The fraction of sp³-hybridized carbons (Fsp3) is 0.316. The standard InChI is InChI=1S/C19H19ClN6OS/c1-12-23-24-25-26(12)17-7-6-14(11-16(17)20)15(10-13-4-2-3-5-13)18(27)22-19-21-8-9-28-19/h6-11,13H,2-5H2,1H3,(H,21,22,27)/p+1/b15-10+. The van der Waals surface area contributed by atoms with Crippen molar-refractivity contribution in [2.24, 2.45) is 5.92 Å². The largest absolute Gasteiger partial charge is 0.302 e. The molecular weight excluding hydrogens is 396 g/mol. The van der Waals surface area contributed by atoms with E-state index >= 15 is 0 Å². The van der Waals surface area contributed by atoms with Crippen LogP contribution in [0.3, 0.4) is 0 Å². The van der Waals surface area contributed by atoms with E-state index in [1.54, 1.807) is 10.9 Å². The van der Waals surface area contributed by atoms with Crippen LogP contribution in [0.5, 0.6) is 0 Å². The van der Waals surface area contributed by atoms with Crippen LogP contribution in [0.4, 0.5) is 5.13 Å². The second-order valence-electron chi connectivity index (χ2n) is 6.77. The zero-order chi connectivity index (χ0) is 19.5. The lowest BCUT2D eigenvalue weighted by atomic mass is 9.98. The van der Waals surface area contributed by atoms with E-state index in [9.17, 15) is 4.79 Å². The highest BCUT2D eigenvalue weighted by Gasteiger charge is 2.21. The lowest BCUT2D eigenvalue weighted by Crippen LogP contribution is -2.36. The summed E-state index contributed by atoms with van der Waals surface area (Å²) in [4.78, 5) is 17.1. The first kappa shape index (κ1) is 18.8. The summed E-state index contributed by atoms with van der Waals surface area (Å²) in [6, 6.07) is 5.58. The Labute approximate surface area is 171 Å². The van der Waals surface area contributed by atoms with Crippen molar-refractivity contribution in [3.05, 3.63) is 52.3 Å². The van der Waals surface area contributed by atoms with Crippen molar-refractivity contribution < 1.29 is 9.48 Å². The predicted octanol–water partition coefficient (Wildman–Crippen LogP) is 3.71. The summed E-state index contributed by atoms with van der Waals surface area (Å²) in [6.45, 7) is 1.83. The molecule has 1 amide bonds. The quantitative estimate of drug-likeness (QED) is 0.491. The van der Waals surface area contributed by atoms with Crippen molar-refractivity contribution in [3.63, 3.8) is 0 Å². The van der Waals surface area contributed by atoms with Crippen LogP contribution in [0.2, 0.25) is 5.02 Å². The van der Waals surface area contributed by atoms with Gasteiger partial charge in [0.15, 0.2) is 10.3 Å². The van der Waals surface area contributed by atoms with Gasteiger partial charge >= 0.3 is 5.82 Å². The van der Waals surface area contributed by atoms with Crippen molar-refractivity contribution >= 4 is 39.5 Å². The van der Waals surface area contributed by atoms with E-state index < -0.39 is 0 Å². The average Bonchev–Trinajstić information content (AvgIpc) is 3.43. The monoisotopic (exact) mass is 415 g/mol. The second kappa shape index (κ2) is 8.20. The molecule has 2 N–H and O–H groups in total. The van der Waals surface area contributed by atoms with Gasteiger partial charge in [-0.25, -0.2) is 4.98 Å². The fourth-order valence-electron chi connectivity index (χ4n) is 3.45. The molecule has 7 nitrogen and oxygen atoms in total. The molecule has 0 bridgehead atoms. The summed E-state index contributed by atoms with van der Waals surface area (Å²) >= 11 is 7.93. The molecule has 144 valence electrons. The Hall–Kier alpha value is -2.58. The van der Waals surface area contributed by atoms with Gasteiger partial charge in [0.05, 0.1) is 5.02 Å². The molecule has 0 saturated heterocycles.